The van der Waals surface area contributed by atoms with Crippen LogP contribution in [0.15, 0.2) is 65.8 Å². The molecule has 0 spiro atoms. The lowest BCUT2D eigenvalue weighted by Crippen LogP contribution is -2.14. The van der Waals surface area contributed by atoms with Crippen LogP contribution in [0.2, 0.25) is 0 Å². The van der Waals surface area contributed by atoms with Crippen molar-refractivity contribution in [2.24, 2.45) is 0 Å². The molecule has 0 bridgehead atoms. The van der Waals surface area contributed by atoms with Crippen molar-refractivity contribution < 1.29 is 17.2 Å². The fraction of sp³-hybridized carbons (Fsp3) is 0.0625. The van der Waals surface area contributed by atoms with Gasteiger partial charge < -0.3 is 0 Å². The third-order valence-corrected chi connectivity index (χ3v) is 4.59. The van der Waals surface area contributed by atoms with Crippen LogP contribution >= 0.6 is 0 Å². The molecule has 0 saturated heterocycles. The number of nitrogens with one attached hydrogen (secondary N) is 1. The maximum Gasteiger partial charge on any atom is 0.262 e. The van der Waals surface area contributed by atoms with E-state index in [1.54, 1.807) is 41.3 Å². The summed E-state index contributed by atoms with van der Waals surface area (Å²) in [4.78, 5) is -0.475. The number of sulfonamides is 1. The van der Waals surface area contributed by atoms with E-state index in [0.717, 1.165) is 17.7 Å². The Morgan fingerprint density at radius 2 is 1.79 bits per heavy atom. The molecule has 0 atom stereocenters. The highest BCUT2D eigenvalue weighted by atomic mass is 32.2. The molecule has 0 aliphatic carbocycles. The topological polar surface area (TPSA) is 64.0 Å². The van der Waals surface area contributed by atoms with Crippen LogP contribution in [0.25, 0.3) is 0 Å². The van der Waals surface area contributed by atoms with E-state index in [-0.39, 0.29) is 0 Å². The molecule has 1 heterocycles. The number of anilines is 1. The summed E-state index contributed by atoms with van der Waals surface area (Å²) in [5, 5.41) is 4.08. The summed E-state index contributed by atoms with van der Waals surface area (Å²) in [5.74, 6) is -1.91. The van der Waals surface area contributed by atoms with E-state index in [2.05, 4.69) is 9.82 Å². The number of hydrogen-bond acceptors (Lipinski definition) is 3. The van der Waals surface area contributed by atoms with Crippen LogP contribution in [-0.2, 0) is 16.6 Å². The second kappa shape index (κ2) is 6.40. The molecule has 3 rings (SSSR count). The Bertz CT molecular complexity index is 937. The molecular weight excluding hydrogens is 336 g/mol. The van der Waals surface area contributed by atoms with Crippen LogP contribution in [0.5, 0.6) is 0 Å². The average molecular weight is 349 g/mol. The van der Waals surface area contributed by atoms with Gasteiger partial charge in [-0.25, -0.2) is 17.2 Å². The number of rotatable bonds is 5. The first-order valence-electron chi connectivity index (χ1n) is 6.98. The molecule has 24 heavy (non-hydrogen) atoms. The summed E-state index contributed by atoms with van der Waals surface area (Å²) < 4.78 is 55.0. The van der Waals surface area contributed by atoms with Gasteiger partial charge in [-0.05, 0) is 35.9 Å². The van der Waals surface area contributed by atoms with Gasteiger partial charge in [-0.2, -0.15) is 5.10 Å². The normalized spacial score (nSPS) is 11.4. The van der Waals surface area contributed by atoms with Crippen LogP contribution in [0.1, 0.15) is 5.56 Å². The Hall–Kier alpha value is -2.74. The van der Waals surface area contributed by atoms with Gasteiger partial charge in [0.2, 0.25) is 0 Å². The molecule has 0 radical (unpaired) electrons. The van der Waals surface area contributed by atoms with Gasteiger partial charge in [0.1, 0.15) is 11.6 Å². The van der Waals surface area contributed by atoms with Crippen LogP contribution in [0, 0.1) is 11.6 Å². The predicted octanol–water partition coefficient (Wildman–Crippen LogP) is 3.01. The van der Waals surface area contributed by atoms with Crippen LogP contribution in [0.3, 0.4) is 0 Å². The number of hydrogen-bond donors (Lipinski definition) is 1. The maximum absolute atomic E-state index is 13.2. The zero-order chi connectivity index (χ0) is 17.2. The highest BCUT2D eigenvalue weighted by Gasteiger charge is 2.16. The largest absolute Gasteiger partial charge is 0.280 e. The molecule has 0 saturated carbocycles. The molecular formula is C16H13F2N3O2S. The molecule has 0 amide bonds. The Kier molecular flexibility index (Phi) is 4.30. The minimum atomic E-state index is -4.09. The van der Waals surface area contributed by atoms with Gasteiger partial charge in [0.25, 0.3) is 10.0 Å². The lowest BCUT2D eigenvalue weighted by Gasteiger charge is -2.10. The molecule has 0 aliphatic heterocycles. The van der Waals surface area contributed by atoms with E-state index in [0.29, 0.717) is 18.3 Å². The molecule has 1 N–H and O–H groups in total. The van der Waals surface area contributed by atoms with Crippen LogP contribution < -0.4 is 4.72 Å². The highest BCUT2D eigenvalue weighted by Crippen LogP contribution is 2.19. The van der Waals surface area contributed by atoms with Gasteiger partial charge >= 0.3 is 0 Å². The molecule has 124 valence electrons. The van der Waals surface area contributed by atoms with E-state index < -0.39 is 26.6 Å². The van der Waals surface area contributed by atoms with Crippen LogP contribution in [-0.4, -0.2) is 18.2 Å². The first-order valence-corrected chi connectivity index (χ1v) is 8.46. The summed E-state index contributed by atoms with van der Waals surface area (Å²) in [6.07, 6.45) is 3.43. The average Bonchev–Trinajstić information content (AvgIpc) is 2.99. The van der Waals surface area contributed by atoms with E-state index in [1.165, 1.54) is 0 Å². The van der Waals surface area contributed by atoms with Gasteiger partial charge in [-0.15, -0.1) is 0 Å². The van der Waals surface area contributed by atoms with Crippen molar-refractivity contribution in [2.45, 2.75) is 11.4 Å². The molecule has 1 aromatic heterocycles. The fourth-order valence-electron chi connectivity index (χ4n) is 2.21. The third kappa shape index (κ3) is 3.77. The molecule has 8 heteroatoms. The number of halogens is 2. The molecule has 0 unspecified atom stereocenters. The molecule has 5 nitrogen and oxygen atoms in total. The monoisotopic (exact) mass is 349 g/mol. The van der Waals surface area contributed by atoms with Crippen molar-refractivity contribution in [1.29, 1.82) is 0 Å². The quantitative estimate of drug-likeness (QED) is 0.770. The summed E-state index contributed by atoms with van der Waals surface area (Å²) in [6.45, 7) is 0.469. The molecule has 2 aromatic carbocycles. The molecule has 3 aromatic rings. The second-order valence-electron chi connectivity index (χ2n) is 5.11. The van der Waals surface area contributed by atoms with Crippen molar-refractivity contribution in [2.75, 3.05) is 4.72 Å². The Morgan fingerprint density at radius 3 is 2.46 bits per heavy atom. The van der Waals surface area contributed by atoms with E-state index in [4.69, 9.17) is 0 Å². The second-order valence-corrected chi connectivity index (χ2v) is 6.80. The molecule has 0 fully saturated rings. The van der Waals surface area contributed by atoms with Crippen molar-refractivity contribution >= 4 is 15.7 Å². The van der Waals surface area contributed by atoms with Crippen molar-refractivity contribution in [3.8, 4) is 0 Å². The Morgan fingerprint density at radius 1 is 1.04 bits per heavy atom. The van der Waals surface area contributed by atoms with Gasteiger partial charge in [0.15, 0.2) is 0 Å². The lowest BCUT2D eigenvalue weighted by molar-refractivity contribution is 0.568. The summed E-state index contributed by atoms with van der Waals surface area (Å²) in [6, 6.07) is 10.6. The van der Waals surface area contributed by atoms with Crippen molar-refractivity contribution in [3.05, 3.63) is 78.1 Å². The van der Waals surface area contributed by atoms with Crippen molar-refractivity contribution in [3.63, 3.8) is 0 Å². The molecule has 0 aliphatic rings. The van der Waals surface area contributed by atoms with Gasteiger partial charge in [-0.1, -0.05) is 12.1 Å². The first-order chi connectivity index (χ1) is 11.4. The minimum absolute atomic E-state index is 0.296. The van der Waals surface area contributed by atoms with E-state index in [1.807, 2.05) is 6.07 Å². The van der Waals surface area contributed by atoms with Crippen molar-refractivity contribution in [1.82, 2.24) is 9.78 Å². The Labute approximate surface area is 137 Å². The minimum Gasteiger partial charge on any atom is -0.280 e. The smallest absolute Gasteiger partial charge is 0.262 e. The Balaban J connectivity index is 1.84. The van der Waals surface area contributed by atoms with Gasteiger partial charge in [0.05, 0.1) is 11.4 Å². The summed E-state index contributed by atoms with van der Waals surface area (Å²) in [5.41, 5.74) is 1.12. The number of aromatic nitrogens is 2. The summed E-state index contributed by atoms with van der Waals surface area (Å²) >= 11 is 0. The highest BCUT2D eigenvalue weighted by molar-refractivity contribution is 7.92. The van der Waals surface area contributed by atoms with E-state index in [9.17, 15) is 17.2 Å². The first kappa shape index (κ1) is 16.1. The fourth-order valence-corrected chi connectivity index (χ4v) is 3.30. The third-order valence-electron chi connectivity index (χ3n) is 3.23. The predicted molar refractivity (Wildman–Crippen MR) is 84.9 cm³/mol. The SMILES string of the molecule is O=S(=O)(Nc1cccc(Cn2cccn2)c1)c1cc(F)cc(F)c1. The maximum atomic E-state index is 13.2. The zero-order valence-electron chi connectivity index (χ0n) is 12.4. The van der Waals surface area contributed by atoms with Gasteiger partial charge in [-0.3, -0.25) is 9.40 Å². The van der Waals surface area contributed by atoms with Gasteiger partial charge in [0, 0.05) is 24.1 Å². The zero-order valence-corrected chi connectivity index (χ0v) is 13.2. The number of benzene rings is 2. The van der Waals surface area contributed by atoms with E-state index >= 15 is 0 Å². The summed E-state index contributed by atoms with van der Waals surface area (Å²) in [7, 11) is -4.09. The van der Waals surface area contributed by atoms with Crippen LogP contribution in [0.4, 0.5) is 14.5 Å². The standard InChI is InChI=1S/C16H13F2N3O2S/c17-13-8-14(18)10-16(9-13)24(22,23)20-15-4-1-3-12(7-15)11-21-6-2-5-19-21/h1-10,20H,11H2. The lowest BCUT2D eigenvalue weighted by atomic mass is 10.2. The number of nitrogens with zero attached hydrogens (tertiary/aromatic N) is 2.